The summed E-state index contributed by atoms with van der Waals surface area (Å²) in [5.74, 6) is 0.992. The average Bonchev–Trinajstić information content (AvgIpc) is 3.39. The lowest BCUT2D eigenvalue weighted by Crippen LogP contribution is -2.22. The predicted molar refractivity (Wildman–Crippen MR) is 111 cm³/mol. The van der Waals surface area contributed by atoms with Gasteiger partial charge in [0.05, 0.1) is 16.6 Å². The number of rotatable bonds is 3. The van der Waals surface area contributed by atoms with Crippen LogP contribution >= 0.6 is 0 Å². The van der Waals surface area contributed by atoms with Crippen LogP contribution in [0.2, 0.25) is 0 Å². The number of hydrogen-bond donors (Lipinski definition) is 1. The summed E-state index contributed by atoms with van der Waals surface area (Å²) in [7, 11) is 0. The molecule has 0 aliphatic heterocycles. The first kappa shape index (κ1) is 17.0. The molecule has 6 heteroatoms. The highest BCUT2D eigenvalue weighted by Crippen LogP contribution is 2.34. The first-order chi connectivity index (χ1) is 13.7. The fourth-order valence-electron chi connectivity index (χ4n) is 4.38. The maximum atomic E-state index is 13.1. The summed E-state index contributed by atoms with van der Waals surface area (Å²) in [4.78, 5) is 17.3. The molecule has 1 fully saturated rings. The summed E-state index contributed by atoms with van der Waals surface area (Å²) < 4.78 is 3.76. The summed E-state index contributed by atoms with van der Waals surface area (Å²) >= 11 is 0. The first-order valence-corrected chi connectivity index (χ1v) is 9.94. The van der Waals surface area contributed by atoms with Crippen molar-refractivity contribution in [1.82, 2.24) is 19.2 Å². The Bertz CT molecular complexity index is 1230. The molecule has 1 saturated carbocycles. The molecule has 0 saturated heterocycles. The molecule has 3 heterocycles. The normalized spacial score (nSPS) is 15.0. The standard InChI is InChI=1S/C22H23N5O/c1-2-26-21-12-18(14-5-3-4-6-14)25-27(21)19-11-15(7-9-17(19)22(26)28)16-8-10-20(23)24-13-16/h7-14H,2-6H2,1H3,(H2,23,24). The van der Waals surface area contributed by atoms with Crippen LogP contribution in [-0.2, 0) is 6.54 Å². The number of nitrogens with zero attached hydrogens (tertiary/aromatic N) is 4. The lowest BCUT2D eigenvalue weighted by Gasteiger charge is -2.10. The van der Waals surface area contributed by atoms with Crippen LogP contribution in [0.4, 0.5) is 5.82 Å². The van der Waals surface area contributed by atoms with Crippen LogP contribution in [0.25, 0.3) is 27.7 Å². The van der Waals surface area contributed by atoms with E-state index in [0.29, 0.717) is 23.7 Å². The van der Waals surface area contributed by atoms with Crippen LogP contribution in [0.5, 0.6) is 0 Å². The largest absolute Gasteiger partial charge is 0.384 e. The molecule has 6 nitrogen and oxygen atoms in total. The molecule has 0 unspecified atom stereocenters. The van der Waals surface area contributed by atoms with Crippen molar-refractivity contribution in [2.75, 3.05) is 5.73 Å². The van der Waals surface area contributed by atoms with Gasteiger partial charge in [0.2, 0.25) is 0 Å². The summed E-state index contributed by atoms with van der Waals surface area (Å²) in [5.41, 5.74) is 10.5. The zero-order valence-corrected chi connectivity index (χ0v) is 15.9. The number of hydrogen-bond acceptors (Lipinski definition) is 4. The summed E-state index contributed by atoms with van der Waals surface area (Å²) in [6.45, 7) is 2.63. The number of aromatic nitrogens is 4. The van der Waals surface area contributed by atoms with E-state index in [0.717, 1.165) is 28.0 Å². The van der Waals surface area contributed by atoms with E-state index < -0.39 is 0 Å². The number of anilines is 1. The highest BCUT2D eigenvalue weighted by molar-refractivity contribution is 5.85. The van der Waals surface area contributed by atoms with Crippen molar-refractivity contribution in [2.45, 2.75) is 45.1 Å². The van der Waals surface area contributed by atoms with E-state index in [-0.39, 0.29) is 5.56 Å². The molecule has 28 heavy (non-hydrogen) atoms. The van der Waals surface area contributed by atoms with Crippen LogP contribution in [0.1, 0.15) is 44.2 Å². The van der Waals surface area contributed by atoms with Gasteiger partial charge in [0.25, 0.3) is 5.56 Å². The molecule has 5 rings (SSSR count). The van der Waals surface area contributed by atoms with Gasteiger partial charge in [-0.2, -0.15) is 5.10 Å². The molecule has 2 N–H and O–H groups in total. The third kappa shape index (κ3) is 2.59. The van der Waals surface area contributed by atoms with E-state index in [1.165, 1.54) is 25.7 Å². The van der Waals surface area contributed by atoms with E-state index >= 15 is 0 Å². The SMILES string of the molecule is CCn1c(=O)c2ccc(-c3ccc(N)nc3)cc2n2nc(C3CCCC3)cc12. The highest BCUT2D eigenvalue weighted by atomic mass is 16.1. The molecule has 1 aliphatic carbocycles. The van der Waals surface area contributed by atoms with Gasteiger partial charge < -0.3 is 5.73 Å². The van der Waals surface area contributed by atoms with E-state index in [1.807, 2.05) is 40.3 Å². The quantitative estimate of drug-likeness (QED) is 0.589. The van der Waals surface area contributed by atoms with E-state index in [4.69, 9.17) is 10.8 Å². The van der Waals surface area contributed by atoms with Crippen LogP contribution < -0.4 is 11.3 Å². The lowest BCUT2D eigenvalue weighted by atomic mass is 10.0. The third-order valence-corrected chi connectivity index (χ3v) is 5.90. The Balaban J connectivity index is 1.78. The van der Waals surface area contributed by atoms with Gasteiger partial charge in [-0.1, -0.05) is 18.9 Å². The number of nitrogen functional groups attached to an aromatic ring is 1. The Labute approximate surface area is 162 Å². The fraction of sp³-hybridized carbons (Fsp3) is 0.318. The minimum Gasteiger partial charge on any atom is -0.384 e. The van der Waals surface area contributed by atoms with Gasteiger partial charge in [0.15, 0.2) is 0 Å². The smallest absolute Gasteiger partial charge is 0.261 e. The van der Waals surface area contributed by atoms with Crippen molar-refractivity contribution in [2.24, 2.45) is 0 Å². The zero-order valence-electron chi connectivity index (χ0n) is 15.9. The molecule has 3 aromatic heterocycles. The van der Waals surface area contributed by atoms with Crippen LogP contribution in [0.15, 0.2) is 47.4 Å². The summed E-state index contributed by atoms with van der Waals surface area (Å²) in [5, 5.41) is 5.63. The second kappa shape index (κ2) is 6.48. The van der Waals surface area contributed by atoms with Gasteiger partial charge in [-0.3, -0.25) is 9.36 Å². The zero-order chi connectivity index (χ0) is 19.3. The minimum absolute atomic E-state index is 0.0323. The van der Waals surface area contributed by atoms with E-state index in [2.05, 4.69) is 11.1 Å². The summed E-state index contributed by atoms with van der Waals surface area (Å²) in [6, 6.07) is 11.7. The molecule has 1 aliphatic rings. The van der Waals surface area contributed by atoms with Gasteiger partial charge in [0.1, 0.15) is 11.5 Å². The number of fused-ring (bicyclic) bond motifs is 3. The number of benzene rings is 1. The molecule has 1 aromatic carbocycles. The van der Waals surface area contributed by atoms with Gasteiger partial charge in [-0.25, -0.2) is 9.50 Å². The van der Waals surface area contributed by atoms with Crippen molar-refractivity contribution in [1.29, 1.82) is 0 Å². The highest BCUT2D eigenvalue weighted by Gasteiger charge is 2.22. The molecular weight excluding hydrogens is 350 g/mol. The van der Waals surface area contributed by atoms with Gasteiger partial charge >= 0.3 is 0 Å². The Morgan fingerprint density at radius 3 is 2.61 bits per heavy atom. The molecule has 0 atom stereocenters. The van der Waals surface area contributed by atoms with E-state index in [9.17, 15) is 4.79 Å². The predicted octanol–water partition coefficient (Wildman–Crippen LogP) is 3.97. The third-order valence-electron chi connectivity index (χ3n) is 5.90. The average molecular weight is 373 g/mol. The van der Waals surface area contributed by atoms with Crippen molar-refractivity contribution in [3.8, 4) is 11.1 Å². The second-order valence-corrected chi connectivity index (χ2v) is 7.57. The molecule has 142 valence electrons. The van der Waals surface area contributed by atoms with Crippen molar-refractivity contribution < 1.29 is 0 Å². The van der Waals surface area contributed by atoms with Crippen molar-refractivity contribution in [3.63, 3.8) is 0 Å². The Morgan fingerprint density at radius 1 is 1.11 bits per heavy atom. The monoisotopic (exact) mass is 373 g/mol. The van der Waals surface area contributed by atoms with Gasteiger partial charge in [0, 0.05) is 30.3 Å². The van der Waals surface area contributed by atoms with E-state index in [1.54, 1.807) is 12.3 Å². The van der Waals surface area contributed by atoms with Gasteiger partial charge in [-0.05, 0) is 49.6 Å². The lowest BCUT2D eigenvalue weighted by molar-refractivity contribution is 0.684. The number of pyridine rings is 1. The molecule has 0 radical (unpaired) electrons. The molecule has 0 bridgehead atoms. The van der Waals surface area contributed by atoms with Crippen molar-refractivity contribution in [3.05, 3.63) is 58.6 Å². The number of aryl methyl sites for hydroxylation is 1. The maximum absolute atomic E-state index is 13.1. The maximum Gasteiger partial charge on any atom is 0.261 e. The van der Waals surface area contributed by atoms with Crippen molar-refractivity contribution >= 4 is 22.4 Å². The molecule has 0 amide bonds. The fourth-order valence-corrected chi connectivity index (χ4v) is 4.38. The van der Waals surface area contributed by atoms with Crippen LogP contribution in [0.3, 0.4) is 0 Å². The summed E-state index contributed by atoms with van der Waals surface area (Å²) in [6.07, 6.45) is 6.64. The Morgan fingerprint density at radius 2 is 1.89 bits per heavy atom. The topological polar surface area (TPSA) is 78.2 Å². The number of nitrogens with two attached hydrogens (primary N) is 1. The Kier molecular flexibility index (Phi) is 3.93. The van der Waals surface area contributed by atoms with Gasteiger partial charge in [-0.15, -0.1) is 0 Å². The Hall–Kier alpha value is -3.15. The molecule has 4 aromatic rings. The van der Waals surface area contributed by atoms with Crippen LogP contribution in [0, 0.1) is 0 Å². The minimum atomic E-state index is 0.0323. The van der Waals surface area contributed by atoms with Crippen LogP contribution in [-0.4, -0.2) is 19.2 Å². The second-order valence-electron chi connectivity index (χ2n) is 7.57. The molecular formula is C22H23N5O. The first-order valence-electron chi connectivity index (χ1n) is 9.94. The molecule has 0 spiro atoms.